The molecule has 0 aliphatic carbocycles. The summed E-state index contributed by atoms with van der Waals surface area (Å²) in [7, 11) is 0. The molecular weight excluding hydrogens is 218 g/mol. The Bertz CT molecular complexity index is 408. The van der Waals surface area contributed by atoms with Crippen LogP contribution >= 0.6 is 0 Å². The van der Waals surface area contributed by atoms with Crippen molar-refractivity contribution >= 4 is 5.97 Å². The number of nitrogens with two attached hydrogens (primary N) is 1. The van der Waals surface area contributed by atoms with Gasteiger partial charge in [0.05, 0.1) is 6.42 Å². The summed E-state index contributed by atoms with van der Waals surface area (Å²) in [5.74, 6) is -1.18. The molecule has 0 saturated heterocycles. The topological polar surface area (TPSA) is 76.2 Å². The second kappa shape index (κ2) is 4.98. The van der Waals surface area contributed by atoms with Crippen molar-refractivity contribution in [3.63, 3.8) is 0 Å². The largest absolute Gasteiger partial charge is 0.481 e. The highest BCUT2D eigenvalue weighted by Gasteiger charge is 2.20. The Labute approximate surface area is 91.1 Å². The molecule has 0 spiro atoms. The molecule has 6 heteroatoms. The van der Waals surface area contributed by atoms with E-state index in [-0.39, 0.29) is 12.1 Å². The van der Waals surface area contributed by atoms with E-state index in [0.29, 0.717) is 11.3 Å². The third kappa shape index (κ3) is 2.73. The molecule has 0 radical (unpaired) electrons. The van der Waals surface area contributed by atoms with Gasteiger partial charge in [-0.3, -0.25) is 9.78 Å². The molecule has 0 unspecified atom stereocenters. The summed E-state index contributed by atoms with van der Waals surface area (Å²) in [6.07, 6.45) is -3.28. The summed E-state index contributed by atoms with van der Waals surface area (Å²) in [6.45, 7) is 1.58. The van der Waals surface area contributed by atoms with Gasteiger partial charge in [-0.15, -0.1) is 0 Å². The van der Waals surface area contributed by atoms with Crippen LogP contribution in [0.15, 0.2) is 6.07 Å². The van der Waals surface area contributed by atoms with E-state index in [1.807, 2.05) is 0 Å². The molecule has 1 rings (SSSR count). The van der Waals surface area contributed by atoms with E-state index in [1.54, 1.807) is 6.92 Å². The highest BCUT2D eigenvalue weighted by molar-refractivity contribution is 5.71. The molecular formula is C10H12F2N2O2. The van der Waals surface area contributed by atoms with E-state index in [2.05, 4.69) is 4.98 Å². The van der Waals surface area contributed by atoms with Gasteiger partial charge in [-0.05, 0) is 24.1 Å². The van der Waals surface area contributed by atoms with Crippen LogP contribution in [-0.4, -0.2) is 16.1 Å². The van der Waals surface area contributed by atoms with E-state index in [4.69, 9.17) is 10.8 Å². The molecule has 0 aliphatic rings. The van der Waals surface area contributed by atoms with E-state index in [1.165, 1.54) is 6.07 Å². The highest BCUT2D eigenvalue weighted by atomic mass is 19.3. The summed E-state index contributed by atoms with van der Waals surface area (Å²) >= 11 is 0. The van der Waals surface area contributed by atoms with E-state index in [9.17, 15) is 13.6 Å². The number of halogens is 2. The lowest BCUT2D eigenvalue weighted by molar-refractivity contribution is -0.136. The van der Waals surface area contributed by atoms with Crippen LogP contribution in [0, 0.1) is 6.92 Å². The standard InChI is InChI=1S/C10H12F2N2O2/c1-5-2-6(4-13)7(3-8(15)16)9(14-5)10(11)12/h2,10H,3-4,13H2,1H3,(H,15,16). The highest BCUT2D eigenvalue weighted by Crippen LogP contribution is 2.24. The lowest BCUT2D eigenvalue weighted by atomic mass is 10.0. The molecule has 1 heterocycles. The molecule has 0 bridgehead atoms. The van der Waals surface area contributed by atoms with Crippen LogP contribution in [0.3, 0.4) is 0 Å². The summed E-state index contributed by atoms with van der Waals surface area (Å²) in [4.78, 5) is 14.2. The van der Waals surface area contributed by atoms with E-state index in [0.717, 1.165) is 0 Å². The predicted molar refractivity (Wildman–Crippen MR) is 53.2 cm³/mol. The first-order chi connectivity index (χ1) is 7.45. The Morgan fingerprint density at radius 1 is 1.62 bits per heavy atom. The molecule has 16 heavy (non-hydrogen) atoms. The SMILES string of the molecule is Cc1cc(CN)c(CC(=O)O)c(C(F)F)n1. The van der Waals surface area contributed by atoms with Crippen LogP contribution in [0.5, 0.6) is 0 Å². The first-order valence-electron chi connectivity index (χ1n) is 4.65. The molecule has 0 aliphatic heterocycles. The zero-order valence-electron chi connectivity index (χ0n) is 8.70. The smallest absolute Gasteiger partial charge is 0.307 e. The number of alkyl halides is 2. The minimum atomic E-state index is -2.79. The van der Waals surface area contributed by atoms with Crippen LogP contribution < -0.4 is 5.73 Å². The second-order valence-electron chi connectivity index (χ2n) is 3.36. The lowest BCUT2D eigenvalue weighted by Crippen LogP contribution is -2.13. The number of rotatable bonds is 4. The van der Waals surface area contributed by atoms with Gasteiger partial charge in [0, 0.05) is 12.2 Å². The van der Waals surface area contributed by atoms with Gasteiger partial charge >= 0.3 is 5.97 Å². The minimum Gasteiger partial charge on any atom is -0.481 e. The normalized spacial score (nSPS) is 10.8. The number of carboxylic acid groups (broad SMARTS) is 1. The van der Waals surface area contributed by atoms with Crippen molar-refractivity contribution in [1.29, 1.82) is 0 Å². The van der Waals surface area contributed by atoms with Gasteiger partial charge < -0.3 is 10.8 Å². The molecule has 0 amide bonds. The third-order valence-electron chi connectivity index (χ3n) is 2.13. The Kier molecular flexibility index (Phi) is 3.89. The van der Waals surface area contributed by atoms with Crippen molar-refractivity contribution in [2.24, 2.45) is 5.73 Å². The van der Waals surface area contributed by atoms with Crippen molar-refractivity contribution in [1.82, 2.24) is 4.98 Å². The quantitative estimate of drug-likeness (QED) is 0.820. The van der Waals surface area contributed by atoms with Crippen LogP contribution in [0.1, 0.15) is 28.9 Å². The third-order valence-corrected chi connectivity index (χ3v) is 2.13. The molecule has 1 aromatic rings. The summed E-state index contributed by atoms with van der Waals surface area (Å²) in [6, 6.07) is 1.53. The van der Waals surface area contributed by atoms with Crippen LogP contribution in [0.4, 0.5) is 8.78 Å². The number of aryl methyl sites for hydroxylation is 1. The second-order valence-corrected chi connectivity index (χ2v) is 3.36. The predicted octanol–water partition coefficient (Wildman–Crippen LogP) is 1.41. The van der Waals surface area contributed by atoms with Gasteiger partial charge in [-0.1, -0.05) is 0 Å². The first kappa shape index (κ1) is 12.5. The number of aromatic nitrogens is 1. The maximum absolute atomic E-state index is 12.7. The fourth-order valence-electron chi connectivity index (χ4n) is 1.51. The molecule has 0 aromatic carbocycles. The maximum Gasteiger partial charge on any atom is 0.307 e. The summed E-state index contributed by atoms with van der Waals surface area (Å²) < 4.78 is 25.4. The number of carboxylic acids is 1. The summed E-state index contributed by atoms with van der Waals surface area (Å²) in [5.41, 5.74) is 5.75. The van der Waals surface area contributed by atoms with Gasteiger partial charge in [0.25, 0.3) is 6.43 Å². The maximum atomic E-state index is 12.7. The number of pyridine rings is 1. The van der Waals surface area contributed by atoms with Gasteiger partial charge in [-0.25, -0.2) is 8.78 Å². The van der Waals surface area contributed by atoms with Crippen molar-refractivity contribution < 1.29 is 18.7 Å². The molecule has 88 valence electrons. The van der Waals surface area contributed by atoms with Gasteiger partial charge in [0.15, 0.2) is 0 Å². The fraction of sp³-hybridized carbons (Fsp3) is 0.400. The lowest BCUT2D eigenvalue weighted by Gasteiger charge is -2.12. The summed E-state index contributed by atoms with van der Waals surface area (Å²) in [5, 5.41) is 8.65. The van der Waals surface area contributed by atoms with E-state index >= 15 is 0 Å². The van der Waals surface area contributed by atoms with Gasteiger partial charge in [-0.2, -0.15) is 0 Å². The molecule has 3 N–H and O–H groups in total. The van der Waals surface area contributed by atoms with Gasteiger partial charge in [0.1, 0.15) is 5.69 Å². The molecule has 1 aromatic heterocycles. The average molecular weight is 230 g/mol. The van der Waals surface area contributed by atoms with Gasteiger partial charge in [0.2, 0.25) is 0 Å². The molecule has 0 saturated carbocycles. The Hall–Kier alpha value is -1.56. The van der Waals surface area contributed by atoms with E-state index < -0.39 is 24.5 Å². The van der Waals surface area contributed by atoms with Crippen LogP contribution in [0.25, 0.3) is 0 Å². The molecule has 0 atom stereocenters. The van der Waals surface area contributed by atoms with Crippen molar-refractivity contribution in [3.8, 4) is 0 Å². The zero-order chi connectivity index (χ0) is 12.3. The monoisotopic (exact) mass is 230 g/mol. The minimum absolute atomic E-state index is 0.0195. The number of nitrogens with zero attached hydrogens (tertiary/aromatic N) is 1. The van der Waals surface area contributed by atoms with Crippen molar-refractivity contribution in [2.45, 2.75) is 26.3 Å². The fourth-order valence-corrected chi connectivity index (χ4v) is 1.51. The van der Waals surface area contributed by atoms with Crippen LogP contribution in [-0.2, 0) is 17.8 Å². The number of hydrogen-bond acceptors (Lipinski definition) is 3. The van der Waals surface area contributed by atoms with Crippen molar-refractivity contribution in [3.05, 3.63) is 28.6 Å². The Balaban J connectivity index is 3.32. The molecule has 4 nitrogen and oxygen atoms in total. The first-order valence-corrected chi connectivity index (χ1v) is 4.65. The average Bonchev–Trinajstić information content (AvgIpc) is 2.19. The Morgan fingerprint density at radius 2 is 2.25 bits per heavy atom. The zero-order valence-corrected chi connectivity index (χ0v) is 8.70. The number of aliphatic carboxylic acids is 1. The number of hydrogen-bond donors (Lipinski definition) is 2. The number of carbonyl (C=O) groups is 1. The Morgan fingerprint density at radius 3 is 2.69 bits per heavy atom. The molecule has 0 fully saturated rings. The van der Waals surface area contributed by atoms with Crippen LogP contribution in [0.2, 0.25) is 0 Å². The van der Waals surface area contributed by atoms with Crippen molar-refractivity contribution in [2.75, 3.05) is 0 Å².